The number of carbonyl (C=O) groups is 1. The summed E-state index contributed by atoms with van der Waals surface area (Å²) in [6.45, 7) is 2.05. The number of carbonyl (C=O) groups excluding carboxylic acids is 1. The van der Waals surface area contributed by atoms with E-state index in [2.05, 4.69) is 19.1 Å². The quantitative estimate of drug-likeness (QED) is 0.631. The van der Waals surface area contributed by atoms with Gasteiger partial charge in [-0.05, 0) is 35.4 Å². The molecule has 94 valence electrons. The third kappa shape index (κ3) is 2.45. The fraction of sp³-hybridized carbons (Fsp3) is 0.118. The second-order valence-corrected chi connectivity index (χ2v) is 5.65. The SMILES string of the molecule is Cc1ccc(CC(=O)c2cccc3ccsc23)cc1. The highest BCUT2D eigenvalue weighted by Crippen LogP contribution is 2.25. The van der Waals surface area contributed by atoms with E-state index in [1.165, 1.54) is 5.56 Å². The zero-order valence-electron chi connectivity index (χ0n) is 10.7. The summed E-state index contributed by atoms with van der Waals surface area (Å²) in [5, 5.41) is 3.19. The Morgan fingerprint density at radius 2 is 1.84 bits per heavy atom. The lowest BCUT2D eigenvalue weighted by Crippen LogP contribution is -2.03. The van der Waals surface area contributed by atoms with Crippen LogP contribution in [0.1, 0.15) is 21.5 Å². The van der Waals surface area contributed by atoms with Crippen LogP contribution in [0.25, 0.3) is 10.1 Å². The molecular weight excluding hydrogens is 252 g/mol. The van der Waals surface area contributed by atoms with Crippen LogP contribution in [0.5, 0.6) is 0 Å². The van der Waals surface area contributed by atoms with E-state index in [0.717, 1.165) is 21.2 Å². The van der Waals surface area contributed by atoms with Crippen molar-refractivity contribution in [2.24, 2.45) is 0 Å². The Labute approximate surface area is 116 Å². The molecule has 0 N–H and O–H groups in total. The first-order chi connectivity index (χ1) is 9.24. The molecule has 0 fully saturated rings. The first kappa shape index (κ1) is 12.1. The summed E-state index contributed by atoms with van der Waals surface area (Å²) in [5.74, 6) is 0.192. The molecule has 0 bridgehead atoms. The Bertz CT molecular complexity index is 722. The average molecular weight is 266 g/mol. The lowest BCUT2D eigenvalue weighted by Gasteiger charge is -2.03. The van der Waals surface area contributed by atoms with Crippen LogP contribution in [-0.4, -0.2) is 5.78 Å². The van der Waals surface area contributed by atoms with Crippen molar-refractivity contribution in [2.75, 3.05) is 0 Å². The number of benzene rings is 2. The Morgan fingerprint density at radius 3 is 2.63 bits per heavy atom. The van der Waals surface area contributed by atoms with Gasteiger partial charge >= 0.3 is 0 Å². The third-order valence-electron chi connectivity index (χ3n) is 3.26. The van der Waals surface area contributed by atoms with Gasteiger partial charge in [0.25, 0.3) is 0 Å². The van der Waals surface area contributed by atoms with Crippen molar-refractivity contribution in [1.82, 2.24) is 0 Å². The number of aryl methyl sites for hydroxylation is 1. The fourth-order valence-corrected chi connectivity index (χ4v) is 3.13. The summed E-state index contributed by atoms with van der Waals surface area (Å²) in [4.78, 5) is 12.4. The van der Waals surface area contributed by atoms with Crippen molar-refractivity contribution >= 4 is 27.2 Å². The zero-order valence-corrected chi connectivity index (χ0v) is 11.5. The van der Waals surface area contributed by atoms with Crippen molar-refractivity contribution in [3.63, 3.8) is 0 Å². The maximum atomic E-state index is 12.4. The summed E-state index contributed by atoms with van der Waals surface area (Å²) in [7, 11) is 0. The van der Waals surface area contributed by atoms with Gasteiger partial charge < -0.3 is 0 Å². The van der Waals surface area contributed by atoms with E-state index in [-0.39, 0.29) is 5.78 Å². The lowest BCUT2D eigenvalue weighted by atomic mass is 10.0. The number of rotatable bonds is 3. The Balaban J connectivity index is 1.92. The van der Waals surface area contributed by atoms with E-state index < -0.39 is 0 Å². The lowest BCUT2D eigenvalue weighted by molar-refractivity contribution is 0.0994. The van der Waals surface area contributed by atoms with Gasteiger partial charge in [0.05, 0.1) is 0 Å². The summed E-state index contributed by atoms with van der Waals surface area (Å²) in [6, 6.07) is 16.1. The summed E-state index contributed by atoms with van der Waals surface area (Å²) in [5.41, 5.74) is 3.13. The monoisotopic (exact) mass is 266 g/mol. The Kier molecular flexibility index (Phi) is 3.18. The molecular formula is C17H14OS. The molecule has 1 aromatic heterocycles. The number of thiophene rings is 1. The van der Waals surface area contributed by atoms with Crippen molar-refractivity contribution in [1.29, 1.82) is 0 Å². The van der Waals surface area contributed by atoms with Crippen LogP contribution in [0.15, 0.2) is 53.9 Å². The van der Waals surface area contributed by atoms with E-state index in [1.807, 2.05) is 41.8 Å². The van der Waals surface area contributed by atoms with Crippen molar-refractivity contribution in [2.45, 2.75) is 13.3 Å². The molecule has 3 aromatic rings. The van der Waals surface area contributed by atoms with Crippen LogP contribution in [0.3, 0.4) is 0 Å². The van der Waals surface area contributed by atoms with Gasteiger partial charge in [0.15, 0.2) is 5.78 Å². The van der Waals surface area contributed by atoms with Crippen LogP contribution < -0.4 is 0 Å². The highest BCUT2D eigenvalue weighted by atomic mass is 32.1. The van der Waals surface area contributed by atoms with E-state index in [9.17, 15) is 4.79 Å². The molecule has 0 saturated carbocycles. The van der Waals surface area contributed by atoms with Crippen LogP contribution in [0.4, 0.5) is 0 Å². The molecule has 1 heterocycles. The Hall–Kier alpha value is -1.93. The van der Waals surface area contributed by atoms with Crippen LogP contribution >= 0.6 is 11.3 Å². The maximum absolute atomic E-state index is 12.4. The molecule has 2 heteroatoms. The molecule has 2 aromatic carbocycles. The normalized spacial score (nSPS) is 10.8. The van der Waals surface area contributed by atoms with E-state index in [1.54, 1.807) is 11.3 Å². The van der Waals surface area contributed by atoms with Gasteiger partial charge in [-0.25, -0.2) is 0 Å². The summed E-state index contributed by atoms with van der Waals surface area (Å²) < 4.78 is 1.10. The molecule has 0 amide bonds. The number of hydrogen-bond acceptors (Lipinski definition) is 2. The minimum absolute atomic E-state index is 0.192. The van der Waals surface area contributed by atoms with Crippen molar-refractivity contribution in [3.05, 3.63) is 70.6 Å². The minimum Gasteiger partial charge on any atom is -0.294 e. The molecule has 0 atom stereocenters. The molecule has 0 radical (unpaired) electrons. The van der Waals surface area contributed by atoms with Crippen LogP contribution in [0, 0.1) is 6.92 Å². The molecule has 0 aliphatic carbocycles. The second-order valence-electron chi connectivity index (χ2n) is 4.73. The average Bonchev–Trinajstić information content (AvgIpc) is 2.89. The van der Waals surface area contributed by atoms with Gasteiger partial charge in [0.1, 0.15) is 0 Å². The number of ketones is 1. The smallest absolute Gasteiger partial charge is 0.168 e. The molecule has 19 heavy (non-hydrogen) atoms. The first-order valence-electron chi connectivity index (χ1n) is 6.29. The van der Waals surface area contributed by atoms with Crippen LogP contribution in [0.2, 0.25) is 0 Å². The zero-order chi connectivity index (χ0) is 13.2. The van der Waals surface area contributed by atoms with Gasteiger partial charge in [-0.3, -0.25) is 4.79 Å². The largest absolute Gasteiger partial charge is 0.294 e. The summed E-state index contributed by atoms with van der Waals surface area (Å²) in [6.07, 6.45) is 0.470. The standard InChI is InChI=1S/C17H14OS/c1-12-5-7-13(8-6-12)11-16(18)15-4-2-3-14-9-10-19-17(14)15/h2-10H,11H2,1H3. The predicted octanol–water partition coefficient (Wildman–Crippen LogP) is 4.64. The molecule has 0 spiro atoms. The molecule has 3 rings (SSSR count). The topological polar surface area (TPSA) is 17.1 Å². The maximum Gasteiger partial charge on any atom is 0.168 e. The molecule has 0 unspecified atom stereocenters. The number of fused-ring (bicyclic) bond motifs is 1. The van der Waals surface area contributed by atoms with Crippen molar-refractivity contribution in [3.8, 4) is 0 Å². The molecule has 0 aliphatic rings. The number of Topliss-reactive ketones (excluding diaryl/α,β-unsaturated/α-hetero) is 1. The first-order valence-corrected chi connectivity index (χ1v) is 7.17. The van der Waals surface area contributed by atoms with Gasteiger partial charge in [-0.1, -0.05) is 42.0 Å². The highest BCUT2D eigenvalue weighted by Gasteiger charge is 2.11. The van der Waals surface area contributed by atoms with Gasteiger partial charge in [-0.2, -0.15) is 0 Å². The van der Waals surface area contributed by atoms with Gasteiger partial charge in [-0.15, -0.1) is 11.3 Å². The van der Waals surface area contributed by atoms with E-state index in [4.69, 9.17) is 0 Å². The minimum atomic E-state index is 0.192. The third-order valence-corrected chi connectivity index (χ3v) is 4.23. The molecule has 0 aliphatic heterocycles. The molecule has 0 saturated heterocycles. The Morgan fingerprint density at radius 1 is 1.05 bits per heavy atom. The van der Waals surface area contributed by atoms with Gasteiger partial charge in [0.2, 0.25) is 0 Å². The fourth-order valence-electron chi connectivity index (χ4n) is 2.20. The van der Waals surface area contributed by atoms with E-state index in [0.29, 0.717) is 6.42 Å². The summed E-state index contributed by atoms with van der Waals surface area (Å²) >= 11 is 1.63. The van der Waals surface area contributed by atoms with Crippen LogP contribution in [-0.2, 0) is 6.42 Å². The highest BCUT2D eigenvalue weighted by molar-refractivity contribution is 7.17. The predicted molar refractivity (Wildman–Crippen MR) is 81.0 cm³/mol. The number of hydrogen-bond donors (Lipinski definition) is 0. The second kappa shape index (κ2) is 4.98. The van der Waals surface area contributed by atoms with E-state index >= 15 is 0 Å². The van der Waals surface area contributed by atoms with Crippen molar-refractivity contribution < 1.29 is 4.79 Å². The van der Waals surface area contributed by atoms with Gasteiger partial charge in [0, 0.05) is 16.7 Å². The molecule has 1 nitrogen and oxygen atoms in total.